The first-order valence-electron chi connectivity index (χ1n) is 9.76. The first-order chi connectivity index (χ1) is 12.0. The summed E-state index contributed by atoms with van der Waals surface area (Å²) in [5.74, 6) is 1.12. The Hall–Kier alpha value is -1.63. The summed E-state index contributed by atoms with van der Waals surface area (Å²) in [4.78, 5) is 0. The van der Waals surface area contributed by atoms with Gasteiger partial charge >= 0.3 is 0 Å². The van der Waals surface area contributed by atoms with E-state index in [1.807, 2.05) is 12.1 Å². The zero-order chi connectivity index (χ0) is 20.0. The Kier molecular flexibility index (Phi) is 8.06. The van der Waals surface area contributed by atoms with E-state index < -0.39 is 0 Å². The van der Waals surface area contributed by atoms with Crippen LogP contribution in [-0.4, -0.2) is 0 Å². The van der Waals surface area contributed by atoms with Gasteiger partial charge in [-0.1, -0.05) is 97.9 Å². The molecule has 0 unspecified atom stereocenters. The van der Waals surface area contributed by atoms with Crippen LogP contribution in [0.15, 0.2) is 54.6 Å². The van der Waals surface area contributed by atoms with Crippen LogP contribution in [0.25, 0.3) is 0 Å². The lowest BCUT2D eigenvalue weighted by molar-refractivity contribution is 0.248. The fourth-order valence-corrected chi connectivity index (χ4v) is 2.54. The minimum absolute atomic E-state index is 0.119. The van der Waals surface area contributed by atoms with Crippen molar-refractivity contribution in [3.8, 4) is 0 Å². The SMILES string of the molecule is CC(C)C(C)(C)Cc1ccccc1.CC(C)C(C)(C)c1ccc(F)cc1. The van der Waals surface area contributed by atoms with Gasteiger partial charge in [-0.2, -0.15) is 0 Å². The number of rotatable bonds is 5. The van der Waals surface area contributed by atoms with Crippen LogP contribution >= 0.6 is 0 Å². The molecule has 0 N–H and O–H groups in total. The van der Waals surface area contributed by atoms with Gasteiger partial charge in [0.15, 0.2) is 0 Å². The molecule has 0 aliphatic carbocycles. The van der Waals surface area contributed by atoms with Gasteiger partial charge in [0.2, 0.25) is 0 Å². The lowest BCUT2D eigenvalue weighted by Gasteiger charge is -2.29. The van der Waals surface area contributed by atoms with Crippen LogP contribution in [0.1, 0.15) is 66.5 Å². The molecule has 0 fully saturated rings. The first-order valence-corrected chi connectivity index (χ1v) is 9.76. The summed E-state index contributed by atoms with van der Waals surface area (Å²) in [5.41, 5.74) is 3.17. The van der Waals surface area contributed by atoms with Crippen molar-refractivity contribution >= 4 is 0 Å². The van der Waals surface area contributed by atoms with E-state index in [0.29, 0.717) is 11.3 Å². The van der Waals surface area contributed by atoms with Crippen molar-refractivity contribution < 1.29 is 4.39 Å². The minimum Gasteiger partial charge on any atom is -0.207 e. The Morgan fingerprint density at radius 2 is 1.23 bits per heavy atom. The van der Waals surface area contributed by atoms with Gasteiger partial charge in [0.05, 0.1) is 0 Å². The van der Waals surface area contributed by atoms with E-state index in [0.717, 1.165) is 5.92 Å². The van der Waals surface area contributed by atoms with Crippen LogP contribution in [0.4, 0.5) is 4.39 Å². The fourth-order valence-electron chi connectivity index (χ4n) is 2.54. The molecule has 0 bridgehead atoms. The predicted molar refractivity (Wildman–Crippen MR) is 113 cm³/mol. The number of hydrogen-bond donors (Lipinski definition) is 0. The molecule has 0 heterocycles. The topological polar surface area (TPSA) is 0 Å². The Bertz CT molecular complexity index is 634. The van der Waals surface area contributed by atoms with Crippen LogP contribution in [0.3, 0.4) is 0 Å². The summed E-state index contributed by atoms with van der Waals surface area (Å²) < 4.78 is 12.7. The zero-order valence-electron chi connectivity index (χ0n) is 17.9. The molecule has 2 aromatic carbocycles. The third-order valence-corrected chi connectivity index (χ3v) is 6.10. The first kappa shape index (κ1) is 22.4. The molecule has 0 atom stereocenters. The monoisotopic (exact) mass is 356 g/mol. The van der Waals surface area contributed by atoms with Crippen LogP contribution in [0, 0.1) is 23.1 Å². The molecule has 0 spiro atoms. The lowest BCUT2D eigenvalue weighted by atomic mass is 9.75. The van der Waals surface area contributed by atoms with Crippen molar-refractivity contribution in [1.29, 1.82) is 0 Å². The van der Waals surface area contributed by atoms with E-state index in [2.05, 4.69) is 85.7 Å². The molecule has 0 nitrogen and oxygen atoms in total. The molecular weight excluding hydrogens is 319 g/mol. The maximum Gasteiger partial charge on any atom is 0.123 e. The summed E-state index contributed by atoms with van der Waals surface area (Å²) in [6.07, 6.45) is 1.17. The highest BCUT2D eigenvalue weighted by Gasteiger charge is 2.24. The quantitative estimate of drug-likeness (QED) is 0.515. The Labute approximate surface area is 160 Å². The standard InChI is InChI=1S/C13H20.C12H17F/c1-11(2)13(3,4)10-12-8-6-5-7-9-12;1-9(2)12(3,4)10-5-7-11(13)8-6-10/h5-9,11H,10H2,1-4H3;5-9H,1-4H3. The average molecular weight is 357 g/mol. The van der Waals surface area contributed by atoms with Crippen LogP contribution < -0.4 is 0 Å². The third-order valence-electron chi connectivity index (χ3n) is 6.10. The van der Waals surface area contributed by atoms with E-state index in [1.165, 1.54) is 29.7 Å². The zero-order valence-corrected chi connectivity index (χ0v) is 17.9. The van der Waals surface area contributed by atoms with E-state index in [1.54, 1.807) is 0 Å². The molecule has 144 valence electrons. The van der Waals surface area contributed by atoms with Crippen molar-refractivity contribution in [1.82, 2.24) is 0 Å². The second-order valence-electron chi connectivity index (χ2n) is 9.19. The summed E-state index contributed by atoms with van der Waals surface area (Å²) in [7, 11) is 0. The van der Waals surface area contributed by atoms with Gasteiger partial charge in [0.25, 0.3) is 0 Å². The van der Waals surface area contributed by atoms with Gasteiger partial charge in [-0.05, 0) is 52.3 Å². The molecule has 0 amide bonds. The molecular formula is C25H37F. The van der Waals surface area contributed by atoms with Crippen molar-refractivity contribution in [3.63, 3.8) is 0 Å². The molecule has 0 aromatic heterocycles. The van der Waals surface area contributed by atoms with Crippen molar-refractivity contribution in [2.75, 3.05) is 0 Å². The van der Waals surface area contributed by atoms with Crippen LogP contribution in [0.5, 0.6) is 0 Å². The van der Waals surface area contributed by atoms with Crippen molar-refractivity contribution in [3.05, 3.63) is 71.5 Å². The molecule has 2 aromatic rings. The Morgan fingerprint density at radius 3 is 1.65 bits per heavy atom. The van der Waals surface area contributed by atoms with Gasteiger partial charge < -0.3 is 0 Å². The van der Waals surface area contributed by atoms with Crippen molar-refractivity contribution in [2.24, 2.45) is 17.3 Å². The molecule has 0 saturated carbocycles. The van der Waals surface area contributed by atoms with Crippen molar-refractivity contribution in [2.45, 2.75) is 67.2 Å². The molecule has 26 heavy (non-hydrogen) atoms. The van der Waals surface area contributed by atoms with Gasteiger partial charge in [-0.3, -0.25) is 0 Å². The van der Waals surface area contributed by atoms with Crippen LogP contribution in [-0.2, 0) is 11.8 Å². The molecule has 2 rings (SSSR count). The third kappa shape index (κ3) is 6.59. The fraction of sp³-hybridized carbons (Fsp3) is 0.520. The van der Waals surface area contributed by atoms with Gasteiger partial charge in [-0.15, -0.1) is 0 Å². The van der Waals surface area contributed by atoms with E-state index in [-0.39, 0.29) is 11.2 Å². The number of halogens is 1. The largest absolute Gasteiger partial charge is 0.207 e. The highest BCUT2D eigenvalue weighted by atomic mass is 19.1. The predicted octanol–water partition coefficient (Wildman–Crippen LogP) is 7.67. The lowest BCUT2D eigenvalue weighted by Crippen LogP contribution is -2.24. The molecule has 0 saturated heterocycles. The van der Waals surface area contributed by atoms with E-state index >= 15 is 0 Å². The number of benzene rings is 2. The summed E-state index contributed by atoms with van der Waals surface area (Å²) >= 11 is 0. The average Bonchev–Trinajstić information content (AvgIpc) is 2.56. The van der Waals surface area contributed by atoms with Gasteiger partial charge in [-0.25, -0.2) is 4.39 Å². The van der Waals surface area contributed by atoms with Gasteiger partial charge in [0.1, 0.15) is 5.82 Å². The van der Waals surface area contributed by atoms with E-state index in [9.17, 15) is 4.39 Å². The summed E-state index contributed by atoms with van der Waals surface area (Å²) in [6, 6.07) is 17.5. The van der Waals surface area contributed by atoms with Gasteiger partial charge in [0, 0.05) is 0 Å². The molecule has 0 aliphatic heterocycles. The molecule has 0 aliphatic rings. The second kappa shape index (κ2) is 9.35. The second-order valence-corrected chi connectivity index (χ2v) is 9.19. The molecule has 0 radical (unpaired) electrons. The van der Waals surface area contributed by atoms with E-state index in [4.69, 9.17) is 0 Å². The Balaban J connectivity index is 0.000000260. The normalized spacial score (nSPS) is 12.1. The smallest absolute Gasteiger partial charge is 0.123 e. The maximum absolute atomic E-state index is 12.7. The maximum atomic E-state index is 12.7. The highest BCUT2D eigenvalue weighted by Crippen LogP contribution is 2.31. The Morgan fingerprint density at radius 1 is 0.731 bits per heavy atom. The highest BCUT2D eigenvalue weighted by molar-refractivity contribution is 5.24. The number of hydrogen-bond acceptors (Lipinski definition) is 0. The minimum atomic E-state index is -0.164. The summed E-state index contributed by atoms with van der Waals surface area (Å²) in [5, 5.41) is 0. The summed E-state index contributed by atoms with van der Waals surface area (Å²) in [6.45, 7) is 18.0. The van der Waals surface area contributed by atoms with Crippen LogP contribution in [0.2, 0.25) is 0 Å². The molecule has 1 heteroatoms.